The molecule has 0 bridgehead atoms. The third kappa shape index (κ3) is 3.93. The van der Waals surface area contributed by atoms with Crippen LogP contribution >= 0.6 is 23.3 Å². The van der Waals surface area contributed by atoms with Gasteiger partial charge in [0.15, 0.2) is 0 Å². The number of hydroxylamine groups is 2. The van der Waals surface area contributed by atoms with E-state index in [2.05, 4.69) is 38.4 Å². The number of aromatic nitrogens is 1. The number of rotatable bonds is 6. The molecule has 4 rings (SSSR count). The summed E-state index contributed by atoms with van der Waals surface area (Å²) < 4.78 is 11.6. The minimum atomic E-state index is -0.283. The van der Waals surface area contributed by atoms with Crippen molar-refractivity contribution in [3.05, 3.63) is 35.9 Å². The van der Waals surface area contributed by atoms with Gasteiger partial charge in [0.2, 0.25) is 5.56 Å². The zero-order valence-electron chi connectivity index (χ0n) is 14.0. The second-order valence-corrected chi connectivity index (χ2v) is 7.92. The molecule has 1 fully saturated rings. The molecule has 0 radical (unpaired) electrons. The molecule has 0 amide bonds. The zero-order chi connectivity index (χ0) is 17.1. The van der Waals surface area contributed by atoms with Crippen LogP contribution in [0.1, 0.15) is 6.42 Å². The molecule has 25 heavy (non-hydrogen) atoms. The zero-order valence-corrected chi connectivity index (χ0v) is 15.6. The fraction of sp³-hybridized carbons (Fsp3) is 0.471. The van der Waals surface area contributed by atoms with E-state index < -0.39 is 0 Å². The highest BCUT2D eigenvalue weighted by atomic mass is 32.2. The molecule has 1 atom stereocenters. The highest BCUT2D eigenvalue weighted by Crippen LogP contribution is 2.29. The first kappa shape index (κ1) is 17.1. The Bertz CT molecular complexity index is 730. The number of fused-ring (bicyclic) bond motifs is 1. The van der Waals surface area contributed by atoms with E-state index in [0.717, 1.165) is 50.0 Å². The van der Waals surface area contributed by atoms with Crippen molar-refractivity contribution < 1.29 is 9.94 Å². The first-order chi connectivity index (χ1) is 12.3. The molecular formula is C17H22N4O2S2. The third-order valence-corrected chi connectivity index (χ3v) is 6.21. The largest absolute Gasteiger partial charge is 0.353 e. The molecule has 0 aliphatic carbocycles. The number of piperazine rings is 1. The van der Waals surface area contributed by atoms with Crippen molar-refractivity contribution in [3.63, 3.8) is 0 Å². The first-order valence-electron chi connectivity index (χ1n) is 8.54. The lowest BCUT2D eigenvalue weighted by Gasteiger charge is -2.35. The highest BCUT2D eigenvalue weighted by molar-refractivity contribution is 8.02. The number of nitrogens with zero attached hydrogens (tertiary/aromatic N) is 4. The quantitative estimate of drug-likeness (QED) is 0.776. The summed E-state index contributed by atoms with van der Waals surface area (Å²) >= 11 is 3.07. The minimum Gasteiger partial charge on any atom is -0.353 e. The molecule has 0 spiro atoms. The molecule has 1 unspecified atom stereocenters. The van der Waals surface area contributed by atoms with Gasteiger partial charge in [0.25, 0.3) is 0 Å². The van der Waals surface area contributed by atoms with Crippen molar-refractivity contribution in [2.24, 2.45) is 0 Å². The monoisotopic (exact) mass is 378 g/mol. The predicted molar refractivity (Wildman–Crippen MR) is 103 cm³/mol. The van der Waals surface area contributed by atoms with Gasteiger partial charge in [-0.15, -0.1) is 0 Å². The third-order valence-electron chi connectivity index (χ3n) is 4.53. The standard InChI is InChI=1S/C17H22N4O2S2/c22-21-11-13-24-17(21)23-12-3-6-19-7-9-20(10-8-19)16-14-4-1-2-5-15(14)25-18-16/h1-2,4-5,11,13,17,22H,3,6-10,12H2. The maximum absolute atomic E-state index is 9.51. The Labute approximate surface area is 155 Å². The summed E-state index contributed by atoms with van der Waals surface area (Å²) in [4.78, 5) is 4.88. The molecule has 8 heteroatoms. The molecule has 3 heterocycles. The van der Waals surface area contributed by atoms with E-state index in [1.54, 1.807) is 17.7 Å². The van der Waals surface area contributed by atoms with Crippen LogP contribution in [0.2, 0.25) is 0 Å². The molecule has 0 saturated carbocycles. The van der Waals surface area contributed by atoms with Crippen LogP contribution in [0.4, 0.5) is 5.82 Å². The van der Waals surface area contributed by atoms with Gasteiger partial charge in [-0.2, -0.15) is 4.37 Å². The first-order valence-corrected chi connectivity index (χ1v) is 10.3. The van der Waals surface area contributed by atoms with Crippen LogP contribution in [0, 0.1) is 0 Å². The van der Waals surface area contributed by atoms with Crippen LogP contribution < -0.4 is 4.90 Å². The van der Waals surface area contributed by atoms with Gasteiger partial charge in [0, 0.05) is 44.3 Å². The average Bonchev–Trinajstić information content (AvgIpc) is 3.26. The van der Waals surface area contributed by atoms with E-state index in [4.69, 9.17) is 4.74 Å². The maximum Gasteiger partial charge on any atom is 0.205 e. The van der Waals surface area contributed by atoms with Gasteiger partial charge in [-0.3, -0.25) is 10.1 Å². The normalized spacial score (nSPS) is 21.6. The molecule has 134 valence electrons. The number of hydrogen-bond donors (Lipinski definition) is 1. The molecule has 1 aromatic heterocycles. The number of ether oxygens (including phenoxy) is 1. The van der Waals surface area contributed by atoms with Crippen LogP contribution in [0.3, 0.4) is 0 Å². The topological polar surface area (TPSA) is 52.1 Å². The van der Waals surface area contributed by atoms with Gasteiger partial charge in [-0.25, -0.2) is 5.06 Å². The second kappa shape index (κ2) is 7.92. The van der Waals surface area contributed by atoms with E-state index in [1.165, 1.54) is 21.8 Å². The predicted octanol–water partition coefficient (Wildman–Crippen LogP) is 3.02. The fourth-order valence-corrected chi connectivity index (χ4v) is 4.66. The molecule has 1 N–H and O–H groups in total. The van der Waals surface area contributed by atoms with Crippen molar-refractivity contribution in [2.75, 3.05) is 44.2 Å². The van der Waals surface area contributed by atoms with Gasteiger partial charge < -0.3 is 9.64 Å². The van der Waals surface area contributed by atoms with E-state index in [0.29, 0.717) is 6.61 Å². The molecular weight excluding hydrogens is 356 g/mol. The second-order valence-electron chi connectivity index (χ2n) is 6.16. The van der Waals surface area contributed by atoms with Crippen molar-refractivity contribution in [2.45, 2.75) is 12.0 Å². The van der Waals surface area contributed by atoms with Crippen molar-refractivity contribution >= 4 is 39.2 Å². The Morgan fingerprint density at radius 2 is 2.04 bits per heavy atom. The summed E-state index contributed by atoms with van der Waals surface area (Å²) in [6.45, 7) is 5.83. The maximum atomic E-state index is 9.51. The number of benzene rings is 1. The van der Waals surface area contributed by atoms with E-state index in [1.807, 2.05) is 5.41 Å². The van der Waals surface area contributed by atoms with E-state index in [-0.39, 0.29) is 5.56 Å². The summed E-state index contributed by atoms with van der Waals surface area (Å²) in [5, 5.41) is 13.7. The van der Waals surface area contributed by atoms with E-state index >= 15 is 0 Å². The van der Waals surface area contributed by atoms with Gasteiger partial charge in [-0.05, 0) is 35.5 Å². The summed E-state index contributed by atoms with van der Waals surface area (Å²) in [6.07, 6.45) is 2.60. The van der Waals surface area contributed by atoms with Crippen molar-refractivity contribution in [1.82, 2.24) is 14.3 Å². The summed E-state index contributed by atoms with van der Waals surface area (Å²) in [7, 11) is 0. The summed E-state index contributed by atoms with van der Waals surface area (Å²) in [5.41, 5.74) is -0.283. The Morgan fingerprint density at radius 3 is 2.84 bits per heavy atom. The molecule has 2 aliphatic heterocycles. The molecule has 2 aliphatic rings. The smallest absolute Gasteiger partial charge is 0.205 e. The van der Waals surface area contributed by atoms with Gasteiger partial charge in [0.05, 0.1) is 11.3 Å². The Morgan fingerprint density at radius 1 is 1.20 bits per heavy atom. The number of anilines is 1. The SMILES string of the molecule is ON1C=CSC1OCCCN1CCN(c2nsc3ccccc23)CC1. The van der Waals surface area contributed by atoms with Crippen molar-refractivity contribution in [3.8, 4) is 0 Å². The summed E-state index contributed by atoms with van der Waals surface area (Å²) in [5.74, 6) is 1.14. The van der Waals surface area contributed by atoms with Gasteiger partial charge >= 0.3 is 0 Å². The van der Waals surface area contributed by atoms with Crippen LogP contribution in [-0.2, 0) is 4.74 Å². The molecule has 6 nitrogen and oxygen atoms in total. The highest BCUT2D eigenvalue weighted by Gasteiger charge is 2.21. The van der Waals surface area contributed by atoms with Crippen LogP contribution in [0.5, 0.6) is 0 Å². The number of hydrogen-bond acceptors (Lipinski definition) is 8. The van der Waals surface area contributed by atoms with Gasteiger partial charge in [0.1, 0.15) is 5.82 Å². The lowest BCUT2D eigenvalue weighted by molar-refractivity contribution is -0.138. The van der Waals surface area contributed by atoms with Crippen LogP contribution in [0.15, 0.2) is 35.9 Å². The average molecular weight is 379 g/mol. The molecule has 1 aromatic carbocycles. The Kier molecular flexibility index (Phi) is 5.42. The summed E-state index contributed by atoms with van der Waals surface area (Å²) in [6, 6.07) is 8.46. The molecule has 2 aromatic rings. The lowest BCUT2D eigenvalue weighted by atomic mass is 10.2. The number of thioether (sulfide) groups is 1. The Hall–Kier alpha value is -1.32. The van der Waals surface area contributed by atoms with Gasteiger partial charge in [-0.1, -0.05) is 23.9 Å². The Balaban J connectivity index is 1.21. The fourth-order valence-electron chi connectivity index (χ4n) is 3.17. The van der Waals surface area contributed by atoms with Crippen LogP contribution in [-0.4, -0.2) is 64.4 Å². The molecule has 1 saturated heterocycles. The van der Waals surface area contributed by atoms with Crippen molar-refractivity contribution in [1.29, 1.82) is 0 Å². The van der Waals surface area contributed by atoms with E-state index in [9.17, 15) is 5.21 Å². The van der Waals surface area contributed by atoms with Crippen LogP contribution in [0.25, 0.3) is 10.1 Å². The minimum absolute atomic E-state index is 0.283. The lowest BCUT2D eigenvalue weighted by Crippen LogP contribution is -2.47.